The normalized spacial score (nSPS) is 18.8. The second kappa shape index (κ2) is 11.6. The van der Waals surface area contributed by atoms with Crippen molar-refractivity contribution in [2.24, 2.45) is 7.05 Å². The van der Waals surface area contributed by atoms with Gasteiger partial charge in [0.25, 0.3) is 0 Å². The van der Waals surface area contributed by atoms with Gasteiger partial charge in [-0.3, -0.25) is 19.2 Å². The van der Waals surface area contributed by atoms with Gasteiger partial charge in [-0.2, -0.15) is 5.10 Å². The number of rotatable bonds is 5. The van der Waals surface area contributed by atoms with Crippen molar-refractivity contribution in [1.82, 2.24) is 29.8 Å². The maximum Gasteiger partial charge on any atom is 0.244 e. The highest BCUT2D eigenvalue weighted by atomic mass is 35.5. The summed E-state index contributed by atoms with van der Waals surface area (Å²) < 4.78 is 6.98. The molecule has 0 aromatic carbocycles. The molecule has 1 aromatic rings. The molecule has 2 saturated heterocycles. The van der Waals surface area contributed by atoms with Crippen molar-refractivity contribution in [2.75, 3.05) is 66.1 Å². The van der Waals surface area contributed by atoms with Gasteiger partial charge >= 0.3 is 0 Å². The molecular formula is C17H30Cl2N6O3. The average Bonchev–Trinajstić information content (AvgIpc) is 3.09. The van der Waals surface area contributed by atoms with Gasteiger partial charge in [-0.15, -0.1) is 24.8 Å². The molecule has 0 aliphatic carbocycles. The minimum atomic E-state index is -0.384. The molecule has 1 N–H and O–H groups in total. The summed E-state index contributed by atoms with van der Waals surface area (Å²) in [6, 6.07) is -0.384. The molecule has 2 fully saturated rings. The molecule has 1 unspecified atom stereocenters. The summed E-state index contributed by atoms with van der Waals surface area (Å²) in [5.74, 6) is 0.205. The van der Waals surface area contributed by atoms with E-state index in [2.05, 4.69) is 15.3 Å². The van der Waals surface area contributed by atoms with Gasteiger partial charge in [-0.05, 0) is 7.05 Å². The number of hydrogen-bond donors (Lipinski definition) is 1. The van der Waals surface area contributed by atoms with E-state index in [1.54, 1.807) is 17.9 Å². The fourth-order valence-corrected chi connectivity index (χ4v) is 3.43. The zero-order valence-electron chi connectivity index (χ0n) is 16.4. The van der Waals surface area contributed by atoms with Crippen LogP contribution in [0.25, 0.3) is 0 Å². The van der Waals surface area contributed by atoms with Crippen molar-refractivity contribution < 1.29 is 14.3 Å². The van der Waals surface area contributed by atoms with Crippen LogP contribution in [0.5, 0.6) is 0 Å². The summed E-state index contributed by atoms with van der Waals surface area (Å²) in [5, 5.41) is 7.23. The summed E-state index contributed by atoms with van der Waals surface area (Å²) in [7, 11) is 3.62. The molecule has 1 aromatic heterocycles. The van der Waals surface area contributed by atoms with Crippen LogP contribution in [0, 0.1) is 0 Å². The summed E-state index contributed by atoms with van der Waals surface area (Å²) in [6.07, 6.45) is 3.58. The Morgan fingerprint density at radius 2 is 1.75 bits per heavy atom. The van der Waals surface area contributed by atoms with E-state index in [4.69, 9.17) is 4.74 Å². The lowest BCUT2D eigenvalue weighted by Gasteiger charge is -2.37. The third kappa shape index (κ3) is 6.05. The fourth-order valence-electron chi connectivity index (χ4n) is 3.43. The first-order valence-electron chi connectivity index (χ1n) is 9.11. The average molecular weight is 437 g/mol. The van der Waals surface area contributed by atoms with Gasteiger partial charge in [0.05, 0.1) is 26.0 Å². The van der Waals surface area contributed by atoms with E-state index in [0.717, 1.165) is 5.56 Å². The zero-order valence-corrected chi connectivity index (χ0v) is 18.0. The molecule has 0 bridgehead atoms. The number of likely N-dealkylation sites (N-methyl/N-ethyl adjacent to an activating group) is 1. The Kier molecular flexibility index (Phi) is 10.2. The first kappa shape index (κ1) is 24.6. The van der Waals surface area contributed by atoms with Crippen molar-refractivity contribution >= 4 is 36.6 Å². The lowest BCUT2D eigenvalue weighted by atomic mass is 10.1. The predicted molar refractivity (Wildman–Crippen MR) is 110 cm³/mol. The Bertz CT molecular complexity index is 630. The number of carbonyl (C=O) groups is 2. The highest BCUT2D eigenvalue weighted by Gasteiger charge is 2.29. The molecule has 3 heterocycles. The summed E-state index contributed by atoms with van der Waals surface area (Å²) in [4.78, 5) is 31.0. The SMILES string of the molecule is CNC(C(=O)N1CCN(CC(=O)N2CCOCC2)CC1)c1cnn(C)c1.Cl.Cl. The van der Waals surface area contributed by atoms with Gasteiger partial charge in [-0.25, -0.2) is 0 Å². The number of aromatic nitrogens is 2. The van der Waals surface area contributed by atoms with E-state index >= 15 is 0 Å². The third-order valence-electron chi connectivity index (χ3n) is 5.00. The Hall–Kier alpha value is -1.39. The van der Waals surface area contributed by atoms with Crippen molar-refractivity contribution in [1.29, 1.82) is 0 Å². The van der Waals surface area contributed by atoms with Crippen molar-refractivity contribution in [3.63, 3.8) is 0 Å². The van der Waals surface area contributed by atoms with Gasteiger partial charge in [0, 0.05) is 58.1 Å². The first-order chi connectivity index (χ1) is 12.6. The van der Waals surface area contributed by atoms with E-state index in [-0.39, 0.29) is 42.7 Å². The van der Waals surface area contributed by atoms with Crippen LogP contribution in [0.1, 0.15) is 11.6 Å². The van der Waals surface area contributed by atoms with Gasteiger partial charge < -0.3 is 19.9 Å². The third-order valence-corrected chi connectivity index (χ3v) is 5.00. The van der Waals surface area contributed by atoms with Gasteiger partial charge in [0.1, 0.15) is 6.04 Å². The predicted octanol–water partition coefficient (Wildman–Crippen LogP) is -0.473. The monoisotopic (exact) mass is 436 g/mol. The summed E-state index contributed by atoms with van der Waals surface area (Å²) in [5.41, 5.74) is 0.866. The topological polar surface area (TPSA) is 82.9 Å². The molecule has 160 valence electrons. The molecule has 0 saturated carbocycles. The van der Waals surface area contributed by atoms with Gasteiger partial charge in [0.2, 0.25) is 11.8 Å². The van der Waals surface area contributed by atoms with E-state index in [1.807, 2.05) is 23.0 Å². The Morgan fingerprint density at radius 1 is 1.11 bits per heavy atom. The van der Waals surface area contributed by atoms with Crippen LogP contribution < -0.4 is 5.32 Å². The van der Waals surface area contributed by atoms with E-state index in [1.165, 1.54) is 0 Å². The number of halogens is 2. The number of amides is 2. The molecule has 9 nitrogen and oxygen atoms in total. The number of morpholine rings is 1. The molecule has 0 spiro atoms. The van der Waals surface area contributed by atoms with E-state index in [0.29, 0.717) is 59.0 Å². The standard InChI is InChI=1S/C17H28N6O3.2ClH/c1-18-16(14-11-19-20(2)12-14)17(25)23-5-3-21(4-6-23)13-15(24)22-7-9-26-10-8-22;;/h11-12,16,18H,3-10,13H2,1-2H3;2*1H. The number of ether oxygens (including phenoxy) is 1. The van der Waals surface area contributed by atoms with Crippen LogP contribution >= 0.6 is 24.8 Å². The number of piperazine rings is 1. The molecule has 2 amide bonds. The van der Waals surface area contributed by atoms with Gasteiger partial charge in [0.15, 0.2) is 0 Å². The van der Waals surface area contributed by atoms with Gasteiger partial charge in [-0.1, -0.05) is 0 Å². The minimum absolute atomic E-state index is 0. The lowest BCUT2D eigenvalue weighted by molar-refractivity contribution is -0.138. The van der Waals surface area contributed by atoms with Crippen LogP contribution in [0.15, 0.2) is 12.4 Å². The Balaban J connectivity index is 0.00000196. The van der Waals surface area contributed by atoms with Crippen LogP contribution in [-0.2, 0) is 21.4 Å². The van der Waals surface area contributed by atoms with Crippen LogP contribution in [0.3, 0.4) is 0 Å². The van der Waals surface area contributed by atoms with Crippen LogP contribution in [-0.4, -0.2) is 102 Å². The quantitative estimate of drug-likeness (QED) is 0.671. The Labute approximate surface area is 178 Å². The zero-order chi connectivity index (χ0) is 18.5. The second-order valence-electron chi connectivity index (χ2n) is 6.76. The maximum atomic E-state index is 12.8. The summed E-state index contributed by atoms with van der Waals surface area (Å²) in [6.45, 7) is 5.69. The van der Waals surface area contributed by atoms with E-state index < -0.39 is 0 Å². The number of nitrogens with one attached hydrogen (secondary N) is 1. The largest absolute Gasteiger partial charge is 0.378 e. The van der Waals surface area contributed by atoms with Crippen LogP contribution in [0.4, 0.5) is 0 Å². The molecule has 2 aliphatic heterocycles. The molecular weight excluding hydrogens is 407 g/mol. The first-order valence-corrected chi connectivity index (χ1v) is 9.11. The molecule has 1 atom stereocenters. The molecule has 11 heteroatoms. The highest BCUT2D eigenvalue weighted by Crippen LogP contribution is 2.16. The highest BCUT2D eigenvalue weighted by molar-refractivity contribution is 5.85. The second-order valence-corrected chi connectivity index (χ2v) is 6.76. The number of aryl methyl sites for hydroxylation is 1. The molecule has 0 radical (unpaired) electrons. The number of hydrogen-bond acceptors (Lipinski definition) is 6. The Morgan fingerprint density at radius 3 is 2.29 bits per heavy atom. The lowest BCUT2D eigenvalue weighted by Crippen LogP contribution is -2.54. The minimum Gasteiger partial charge on any atom is -0.378 e. The van der Waals surface area contributed by atoms with Crippen LogP contribution in [0.2, 0.25) is 0 Å². The smallest absolute Gasteiger partial charge is 0.244 e. The van der Waals surface area contributed by atoms with E-state index in [9.17, 15) is 9.59 Å². The molecule has 2 aliphatic rings. The van der Waals surface area contributed by atoms with Crippen molar-refractivity contribution in [3.05, 3.63) is 18.0 Å². The molecule has 3 rings (SSSR count). The maximum absolute atomic E-state index is 12.8. The summed E-state index contributed by atoms with van der Waals surface area (Å²) >= 11 is 0. The van der Waals surface area contributed by atoms with Crippen molar-refractivity contribution in [3.8, 4) is 0 Å². The van der Waals surface area contributed by atoms with Crippen molar-refractivity contribution in [2.45, 2.75) is 6.04 Å². The number of nitrogens with zero attached hydrogens (tertiary/aromatic N) is 5. The fraction of sp³-hybridized carbons (Fsp3) is 0.706. The number of carbonyl (C=O) groups excluding carboxylic acids is 2. The molecule has 28 heavy (non-hydrogen) atoms.